The summed E-state index contributed by atoms with van der Waals surface area (Å²) in [5.74, 6) is -0.254. The molecule has 3 heterocycles. The number of carbonyl (C=O) groups excluding carboxylic acids is 1. The number of thiazole rings is 1. The Morgan fingerprint density at radius 3 is 2.58 bits per heavy atom. The molecule has 0 saturated carbocycles. The molecule has 2 atom stereocenters. The van der Waals surface area contributed by atoms with Crippen LogP contribution in [0.2, 0.25) is 0 Å². The number of aliphatic carboxylic acids is 1. The fraction of sp³-hybridized carbons (Fsp3) is 0.433. The maximum absolute atomic E-state index is 12.9. The first-order valence-corrected chi connectivity index (χ1v) is 14.3. The number of carboxylic acids is 1. The van der Waals surface area contributed by atoms with E-state index in [0.717, 1.165) is 70.3 Å². The Morgan fingerprint density at radius 2 is 1.87 bits per heavy atom. The quantitative estimate of drug-likeness (QED) is 0.405. The summed E-state index contributed by atoms with van der Waals surface area (Å²) >= 11 is 1.54. The number of ether oxygens (including phenoxy) is 1. The monoisotopic (exact) mass is 533 g/mol. The van der Waals surface area contributed by atoms with Crippen LogP contribution in [-0.2, 0) is 11.4 Å². The Labute approximate surface area is 228 Å². The number of carboxylic acid groups (broad SMARTS) is 1. The van der Waals surface area contributed by atoms with Gasteiger partial charge in [0, 0.05) is 42.2 Å². The summed E-state index contributed by atoms with van der Waals surface area (Å²) < 4.78 is 6.31. The summed E-state index contributed by atoms with van der Waals surface area (Å²) in [6, 6.07) is 11.9. The third-order valence-corrected chi connectivity index (χ3v) is 8.71. The fourth-order valence-corrected chi connectivity index (χ4v) is 6.40. The van der Waals surface area contributed by atoms with Crippen LogP contribution in [0.25, 0.3) is 11.3 Å². The molecular formula is C30H35N3O4S. The van der Waals surface area contributed by atoms with E-state index in [2.05, 4.69) is 11.0 Å². The molecule has 200 valence electrons. The molecule has 38 heavy (non-hydrogen) atoms. The van der Waals surface area contributed by atoms with Crippen LogP contribution in [0.3, 0.4) is 0 Å². The molecule has 7 nitrogen and oxygen atoms in total. The maximum atomic E-state index is 12.9. The molecule has 1 aromatic heterocycles. The van der Waals surface area contributed by atoms with Crippen molar-refractivity contribution in [2.75, 3.05) is 24.5 Å². The minimum atomic E-state index is -0.745. The van der Waals surface area contributed by atoms with Crippen LogP contribution in [0.5, 0.6) is 5.75 Å². The lowest BCUT2D eigenvalue weighted by atomic mass is 10.0. The molecule has 0 aliphatic carbocycles. The van der Waals surface area contributed by atoms with Gasteiger partial charge in [0.05, 0.1) is 11.6 Å². The van der Waals surface area contributed by atoms with Gasteiger partial charge in [0.15, 0.2) is 5.13 Å². The molecule has 2 aromatic carbocycles. The Morgan fingerprint density at radius 1 is 1.08 bits per heavy atom. The molecule has 0 unspecified atom stereocenters. The summed E-state index contributed by atoms with van der Waals surface area (Å²) in [5.41, 5.74) is 5.67. The number of likely N-dealkylation sites (tertiary alicyclic amines) is 1. The number of benzene rings is 2. The highest BCUT2D eigenvalue weighted by molar-refractivity contribution is 7.14. The van der Waals surface area contributed by atoms with Crippen LogP contribution >= 0.6 is 11.3 Å². The zero-order chi connectivity index (χ0) is 26.8. The highest BCUT2D eigenvalue weighted by Crippen LogP contribution is 2.38. The molecule has 1 amide bonds. The summed E-state index contributed by atoms with van der Waals surface area (Å²) in [4.78, 5) is 33.4. The van der Waals surface area contributed by atoms with Crippen molar-refractivity contribution >= 4 is 28.3 Å². The average molecular weight is 534 g/mol. The van der Waals surface area contributed by atoms with Gasteiger partial charge in [-0.05, 0) is 81.8 Å². The molecule has 0 bridgehead atoms. The molecule has 0 spiro atoms. The van der Waals surface area contributed by atoms with Gasteiger partial charge >= 0.3 is 5.97 Å². The molecule has 1 N–H and O–H groups in total. The van der Waals surface area contributed by atoms with Crippen LogP contribution in [0.1, 0.15) is 59.7 Å². The second kappa shape index (κ2) is 11.2. The van der Waals surface area contributed by atoms with Crippen LogP contribution in [-0.4, -0.2) is 52.5 Å². The highest BCUT2D eigenvalue weighted by atomic mass is 32.1. The van der Waals surface area contributed by atoms with Crippen molar-refractivity contribution in [1.82, 2.24) is 9.88 Å². The van der Waals surface area contributed by atoms with Crippen LogP contribution in [0.4, 0.5) is 5.13 Å². The fourth-order valence-electron chi connectivity index (χ4n) is 5.46. The van der Waals surface area contributed by atoms with Crippen molar-refractivity contribution in [3.8, 4) is 17.0 Å². The van der Waals surface area contributed by atoms with E-state index in [1.165, 1.54) is 17.8 Å². The molecule has 0 radical (unpaired) electrons. The summed E-state index contributed by atoms with van der Waals surface area (Å²) in [7, 11) is 0. The van der Waals surface area contributed by atoms with E-state index in [1.807, 2.05) is 61.4 Å². The number of carbonyl (C=O) groups is 2. The van der Waals surface area contributed by atoms with Crippen LogP contribution < -0.4 is 9.64 Å². The SMILES string of the molecule is Cc1ccc(OCc2ccc(C(=O)N3CCCCC3)cc2C)c(-c2csc(N3CC[C@@H](C(=O)O)[C@H]3C)n2)c1. The summed E-state index contributed by atoms with van der Waals surface area (Å²) in [6.07, 6.45) is 3.99. The largest absolute Gasteiger partial charge is 0.488 e. The number of hydrogen-bond donors (Lipinski definition) is 1. The Kier molecular flexibility index (Phi) is 7.70. The van der Waals surface area contributed by atoms with E-state index >= 15 is 0 Å². The molecule has 2 aliphatic heterocycles. The standard InChI is InChI=1S/C30H35N3O4S/c1-19-7-10-27(25(15-19)26-18-38-30(31-26)33-14-11-24(21(33)3)29(35)36)37-17-23-9-8-22(16-20(23)2)28(34)32-12-5-4-6-13-32/h7-10,15-16,18,21,24H,4-6,11-14,17H2,1-3H3,(H,35,36)/t21-,24-/m1/s1. The van der Waals surface area contributed by atoms with E-state index in [9.17, 15) is 14.7 Å². The molecule has 2 aliphatic rings. The van der Waals surface area contributed by atoms with Gasteiger partial charge in [0.2, 0.25) is 0 Å². The van der Waals surface area contributed by atoms with Crippen molar-refractivity contribution in [1.29, 1.82) is 0 Å². The van der Waals surface area contributed by atoms with Crippen molar-refractivity contribution in [2.45, 2.75) is 59.1 Å². The number of rotatable bonds is 7. The minimum Gasteiger partial charge on any atom is -0.488 e. The number of anilines is 1. The molecule has 2 fully saturated rings. The molecule has 8 heteroatoms. The lowest BCUT2D eigenvalue weighted by Gasteiger charge is -2.27. The second-order valence-corrected chi connectivity index (χ2v) is 11.3. The minimum absolute atomic E-state index is 0.0903. The zero-order valence-corrected chi connectivity index (χ0v) is 23.1. The van der Waals surface area contributed by atoms with Gasteiger partial charge in [-0.2, -0.15) is 0 Å². The van der Waals surface area contributed by atoms with Crippen molar-refractivity contribution in [3.05, 3.63) is 64.0 Å². The molecular weight excluding hydrogens is 498 g/mol. The zero-order valence-electron chi connectivity index (χ0n) is 22.3. The first-order chi connectivity index (χ1) is 18.3. The highest BCUT2D eigenvalue weighted by Gasteiger charge is 2.37. The summed E-state index contributed by atoms with van der Waals surface area (Å²) in [6.45, 7) is 8.79. The maximum Gasteiger partial charge on any atom is 0.308 e. The van der Waals surface area contributed by atoms with Gasteiger partial charge in [0.1, 0.15) is 12.4 Å². The number of piperidine rings is 1. The number of hydrogen-bond acceptors (Lipinski definition) is 6. The smallest absolute Gasteiger partial charge is 0.308 e. The van der Waals surface area contributed by atoms with Crippen molar-refractivity contribution < 1.29 is 19.4 Å². The Balaban J connectivity index is 1.31. The molecule has 2 saturated heterocycles. The summed E-state index contributed by atoms with van der Waals surface area (Å²) in [5, 5.41) is 12.4. The predicted octanol–water partition coefficient (Wildman–Crippen LogP) is 5.93. The van der Waals surface area contributed by atoms with Crippen molar-refractivity contribution in [3.63, 3.8) is 0 Å². The van der Waals surface area contributed by atoms with Gasteiger partial charge in [-0.3, -0.25) is 9.59 Å². The van der Waals surface area contributed by atoms with Crippen LogP contribution in [0.15, 0.2) is 41.8 Å². The topological polar surface area (TPSA) is 83.0 Å². The normalized spacial score (nSPS) is 19.6. The molecule has 5 rings (SSSR count). The lowest BCUT2D eigenvalue weighted by molar-refractivity contribution is -0.141. The third kappa shape index (κ3) is 5.41. The van der Waals surface area contributed by atoms with E-state index in [4.69, 9.17) is 9.72 Å². The number of nitrogens with zero attached hydrogens (tertiary/aromatic N) is 3. The lowest BCUT2D eigenvalue weighted by Crippen LogP contribution is -2.35. The van der Waals surface area contributed by atoms with E-state index in [0.29, 0.717) is 19.6 Å². The van der Waals surface area contributed by atoms with Crippen LogP contribution in [0, 0.1) is 19.8 Å². The first-order valence-electron chi connectivity index (χ1n) is 13.4. The number of amides is 1. The third-order valence-electron chi connectivity index (χ3n) is 7.84. The van der Waals surface area contributed by atoms with E-state index in [-0.39, 0.29) is 17.9 Å². The predicted molar refractivity (Wildman–Crippen MR) is 150 cm³/mol. The Bertz CT molecular complexity index is 1330. The first kappa shape index (κ1) is 26.2. The number of aryl methyl sites for hydroxylation is 2. The Hall–Kier alpha value is -3.39. The van der Waals surface area contributed by atoms with Gasteiger partial charge in [-0.15, -0.1) is 11.3 Å². The van der Waals surface area contributed by atoms with Gasteiger partial charge in [-0.1, -0.05) is 17.7 Å². The number of aromatic nitrogens is 1. The molecule has 3 aromatic rings. The van der Waals surface area contributed by atoms with E-state index in [1.54, 1.807) is 0 Å². The second-order valence-electron chi connectivity index (χ2n) is 10.5. The average Bonchev–Trinajstić information content (AvgIpc) is 3.55. The van der Waals surface area contributed by atoms with E-state index < -0.39 is 5.97 Å². The van der Waals surface area contributed by atoms with Gasteiger partial charge < -0.3 is 19.6 Å². The van der Waals surface area contributed by atoms with Gasteiger partial charge in [0.25, 0.3) is 5.91 Å². The van der Waals surface area contributed by atoms with Crippen molar-refractivity contribution in [2.24, 2.45) is 5.92 Å². The van der Waals surface area contributed by atoms with Gasteiger partial charge in [-0.25, -0.2) is 4.98 Å².